The number of hydrogen-bond acceptors (Lipinski definition) is 6. The summed E-state index contributed by atoms with van der Waals surface area (Å²) >= 11 is 1.61. The van der Waals surface area contributed by atoms with E-state index in [0.29, 0.717) is 41.6 Å². The Labute approximate surface area is 198 Å². The van der Waals surface area contributed by atoms with Crippen molar-refractivity contribution in [3.63, 3.8) is 0 Å². The van der Waals surface area contributed by atoms with Crippen LogP contribution in [0.1, 0.15) is 35.6 Å². The normalized spacial score (nSPS) is 22.4. The summed E-state index contributed by atoms with van der Waals surface area (Å²) in [5, 5.41) is 9.30. The van der Waals surface area contributed by atoms with E-state index in [1.807, 2.05) is 18.5 Å². The van der Waals surface area contributed by atoms with Gasteiger partial charge in [-0.15, -0.1) is 10.2 Å². The molecule has 1 saturated heterocycles. The van der Waals surface area contributed by atoms with Crippen molar-refractivity contribution in [3.05, 3.63) is 46.7 Å². The maximum absolute atomic E-state index is 14.6. The van der Waals surface area contributed by atoms with Crippen LogP contribution in [-0.4, -0.2) is 50.0 Å². The van der Waals surface area contributed by atoms with Crippen molar-refractivity contribution in [2.45, 2.75) is 43.4 Å². The second kappa shape index (κ2) is 8.37. The third-order valence-electron chi connectivity index (χ3n) is 6.84. The van der Waals surface area contributed by atoms with E-state index in [9.17, 15) is 17.6 Å². The lowest BCUT2D eigenvalue weighted by atomic mass is 9.93. The van der Waals surface area contributed by atoms with Crippen LogP contribution in [0.25, 0.3) is 11.6 Å². The highest BCUT2D eigenvalue weighted by Gasteiger charge is 2.61. The van der Waals surface area contributed by atoms with Crippen LogP contribution in [0.4, 0.5) is 17.6 Å². The van der Waals surface area contributed by atoms with Gasteiger partial charge in [-0.3, -0.25) is 0 Å². The molecule has 1 aliphatic carbocycles. The number of nitrogens with zero attached hydrogens (tertiary/aromatic N) is 5. The van der Waals surface area contributed by atoms with Crippen LogP contribution >= 0.6 is 11.8 Å². The highest BCUT2D eigenvalue weighted by Crippen LogP contribution is 2.59. The second-order valence-electron chi connectivity index (χ2n) is 9.20. The van der Waals surface area contributed by atoms with E-state index in [0.717, 1.165) is 48.6 Å². The molecule has 3 heterocycles. The van der Waals surface area contributed by atoms with Crippen molar-refractivity contribution in [3.8, 4) is 11.6 Å². The first-order valence-electron chi connectivity index (χ1n) is 11.1. The van der Waals surface area contributed by atoms with E-state index in [2.05, 4.69) is 20.1 Å². The van der Waals surface area contributed by atoms with Crippen molar-refractivity contribution in [1.29, 1.82) is 0 Å². The summed E-state index contributed by atoms with van der Waals surface area (Å²) in [6, 6.07) is 2.97. The molecule has 1 aromatic carbocycles. The van der Waals surface area contributed by atoms with Gasteiger partial charge in [0, 0.05) is 38.2 Å². The maximum Gasteiger partial charge on any atom is 0.416 e. The van der Waals surface area contributed by atoms with Crippen LogP contribution in [0.3, 0.4) is 0 Å². The summed E-state index contributed by atoms with van der Waals surface area (Å²) in [5.41, 5.74) is -0.0790. The largest absolute Gasteiger partial charge is 0.437 e. The Bertz CT molecular complexity index is 1220. The SMILES string of the molecule is Cc1nc(C)c(-c2nnc(SCCCN3CC4CC4(c4ccc(C(F)(F)F)cc4F)C3)n2C)o1. The molecule has 1 aliphatic heterocycles. The minimum Gasteiger partial charge on any atom is -0.437 e. The Hall–Kier alpha value is -2.40. The highest BCUT2D eigenvalue weighted by molar-refractivity contribution is 7.99. The molecule has 3 aromatic rings. The van der Waals surface area contributed by atoms with Gasteiger partial charge in [-0.2, -0.15) is 13.2 Å². The first kappa shape index (κ1) is 23.3. The number of rotatable bonds is 7. The van der Waals surface area contributed by atoms with E-state index < -0.39 is 17.6 Å². The molecular weight excluding hydrogens is 470 g/mol. The van der Waals surface area contributed by atoms with Crippen LogP contribution in [0.15, 0.2) is 27.8 Å². The third-order valence-corrected chi connectivity index (χ3v) is 7.95. The van der Waals surface area contributed by atoms with Crippen LogP contribution < -0.4 is 0 Å². The molecule has 2 unspecified atom stereocenters. The predicted molar refractivity (Wildman–Crippen MR) is 119 cm³/mol. The Balaban J connectivity index is 1.15. The first-order valence-corrected chi connectivity index (χ1v) is 12.1. The van der Waals surface area contributed by atoms with E-state index >= 15 is 0 Å². The quantitative estimate of drug-likeness (QED) is 0.261. The van der Waals surface area contributed by atoms with Gasteiger partial charge in [0.25, 0.3) is 0 Å². The number of likely N-dealkylation sites (tertiary alicyclic amines) is 1. The molecule has 5 rings (SSSR count). The minimum absolute atomic E-state index is 0.307. The number of oxazole rings is 1. The van der Waals surface area contributed by atoms with Gasteiger partial charge in [-0.1, -0.05) is 17.8 Å². The molecule has 2 aliphatic rings. The zero-order valence-electron chi connectivity index (χ0n) is 19.1. The van der Waals surface area contributed by atoms with Gasteiger partial charge >= 0.3 is 6.18 Å². The highest BCUT2D eigenvalue weighted by atomic mass is 32.2. The van der Waals surface area contributed by atoms with Gasteiger partial charge in [0.05, 0.1) is 11.3 Å². The van der Waals surface area contributed by atoms with Crippen molar-refractivity contribution in [2.24, 2.45) is 13.0 Å². The van der Waals surface area contributed by atoms with Crippen LogP contribution in [0, 0.1) is 25.6 Å². The third kappa shape index (κ3) is 4.13. The summed E-state index contributed by atoms with van der Waals surface area (Å²) in [6.45, 7) is 6.04. The summed E-state index contributed by atoms with van der Waals surface area (Å²) in [5.74, 6) is 2.24. The Morgan fingerprint density at radius 1 is 1.24 bits per heavy atom. The molecular formula is C23H25F4N5OS. The van der Waals surface area contributed by atoms with Gasteiger partial charge in [0.1, 0.15) is 5.82 Å². The molecule has 6 nitrogen and oxygen atoms in total. The van der Waals surface area contributed by atoms with Crippen molar-refractivity contribution >= 4 is 11.8 Å². The lowest BCUT2D eigenvalue weighted by Gasteiger charge is -2.21. The fourth-order valence-corrected chi connectivity index (χ4v) is 5.93. The van der Waals surface area contributed by atoms with Crippen molar-refractivity contribution in [1.82, 2.24) is 24.6 Å². The lowest BCUT2D eigenvalue weighted by molar-refractivity contribution is -0.137. The van der Waals surface area contributed by atoms with Crippen LogP contribution in [0.5, 0.6) is 0 Å². The summed E-state index contributed by atoms with van der Waals surface area (Å²) < 4.78 is 60.7. The molecule has 2 aromatic heterocycles. The molecule has 0 radical (unpaired) electrons. The van der Waals surface area contributed by atoms with Crippen molar-refractivity contribution < 1.29 is 22.0 Å². The zero-order valence-corrected chi connectivity index (χ0v) is 19.9. The number of benzene rings is 1. The fraction of sp³-hybridized carbons (Fsp3) is 0.522. The molecule has 0 N–H and O–H groups in total. The maximum atomic E-state index is 14.6. The van der Waals surface area contributed by atoms with E-state index in [1.165, 1.54) is 6.07 Å². The van der Waals surface area contributed by atoms with Gasteiger partial charge in [-0.25, -0.2) is 9.37 Å². The smallest absolute Gasteiger partial charge is 0.416 e. The lowest BCUT2D eigenvalue weighted by Crippen LogP contribution is -2.28. The van der Waals surface area contributed by atoms with Gasteiger partial charge < -0.3 is 13.9 Å². The zero-order chi connectivity index (χ0) is 24.3. The molecule has 2 atom stereocenters. The Morgan fingerprint density at radius 2 is 2.03 bits per heavy atom. The average molecular weight is 496 g/mol. The number of fused-ring (bicyclic) bond motifs is 1. The number of piperidine rings is 1. The second-order valence-corrected chi connectivity index (χ2v) is 10.3. The molecule has 1 saturated carbocycles. The summed E-state index contributed by atoms with van der Waals surface area (Å²) in [6.07, 6.45) is -2.79. The topological polar surface area (TPSA) is 60.0 Å². The Morgan fingerprint density at radius 3 is 2.71 bits per heavy atom. The number of alkyl halides is 3. The van der Waals surface area contributed by atoms with E-state index in [-0.39, 0.29) is 5.41 Å². The first-order chi connectivity index (χ1) is 16.1. The van der Waals surface area contributed by atoms with Crippen molar-refractivity contribution in [2.75, 3.05) is 25.4 Å². The van der Waals surface area contributed by atoms with Gasteiger partial charge in [0.2, 0.25) is 5.82 Å². The Kier molecular flexibility index (Phi) is 5.75. The van der Waals surface area contributed by atoms with E-state index in [1.54, 1.807) is 18.7 Å². The molecule has 0 bridgehead atoms. The molecule has 11 heteroatoms. The molecule has 182 valence electrons. The summed E-state index contributed by atoms with van der Waals surface area (Å²) in [4.78, 5) is 6.57. The number of hydrogen-bond donors (Lipinski definition) is 0. The monoisotopic (exact) mass is 495 g/mol. The minimum atomic E-state index is -4.53. The van der Waals surface area contributed by atoms with Gasteiger partial charge in [-0.05, 0) is 49.9 Å². The standard InChI is InChI=1S/C23H25F4N5OS/c1-13-19(33-14(2)28-13)20-29-30-21(31(20)3)34-8-4-7-32-11-16-10-22(16,12-32)17-6-5-15(9-18(17)24)23(25,26)27/h5-6,9,16H,4,7-8,10-12H2,1-3H3. The molecule has 0 spiro atoms. The number of aromatic nitrogens is 4. The fourth-order valence-electron chi connectivity index (χ4n) is 5.10. The predicted octanol–water partition coefficient (Wildman–Crippen LogP) is 5.00. The number of thioether (sulfide) groups is 1. The summed E-state index contributed by atoms with van der Waals surface area (Å²) in [7, 11) is 1.89. The van der Waals surface area contributed by atoms with Crippen LogP contribution in [0.2, 0.25) is 0 Å². The average Bonchev–Trinajstić information content (AvgIpc) is 3.00. The van der Waals surface area contributed by atoms with Gasteiger partial charge in [0.15, 0.2) is 16.8 Å². The number of halogens is 4. The number of aryl methyl sites for hydroxylation is 2. The molecule has 2 fully saturated rings. The molecule has 0 amide bonds. The van der Waals surface area contributed by atoms with E-state index in [4.69, 9.17) is 4.42 Å². The molecule has 34 heavy (non-hydrogen) atoms. The van der Waals surface area contributed by atoms with Crippen LogP contribution in [-0.2, 0) is 18.6 Å².